The second-order valence-electron chi connectivity index (χ2n) is 4.71. The first kappa shape index (κ1) is 13.9. The molecule has 0 saturated heterocycles. The first-order chi connectivity index (χ1) is 9.11. The highest BCUT2D eigenvalue weighted by Gasteiger charge is 2.27. The molecule has 1 aromatic rings. The zero-order chi connectivity index (χ0) is 13.8. The topological polar surface area (TPSA) is 38.3 Å². The molecule has 0 spiro atoms. The van der Waals surface area contributed by atoms with Gasteiger partial charge in [0.15, 0.2) is 11.6 Å². The zero-order valence-corrected chi connectivity index (χ0v) is 10.8. The van der Waals surface area contributed by atoms with Gasteiger partial charge in [-0.1, -0.05) is 6.07 Å². The maximum atomic E-state index is 13.2. The Morgan fingerprint density at radius 3 is 2.74 bits per heavy atom. The summed E-state index contributed by atoms with van der Waals surface area (Å²) in [6, 6.07) is 2.72. The second kappa shape index (κ2) is 6.10. The number of carbonyl (C=O) groups is 1. The summed E-state index contributed by atoms with van der Waals surface area (Å²) in [6.07, 6.45) is 2.28. The number of hydrogen-bond acceptors (Lipinski definition) is 3. The van der Waals surface area contributed by atoms with Crippen molar-refractivity contribution >= 4 is 5.97 Å². The number of ether oxygens (including phenoxy) is 1. The van der Waals surface area contributed by atoms with Crippen molar-refractivity contribution in [3.63, 3.8) is 0 Å². The average molecular weight is 269 g/mol. The van der Waals surface area contributed by atoms with Gasteiger partial charge in [-0.2, -0.15) is 0 Å². The summed E-state index contributed by atoms with van der Waals surface area (Å²) in [5.74, 6) is -1.77. The predicted molar refractivity (Wildman–Crippen MR) is 66.5 cm³/mol. The minimum atomic E-state index is -0.958. The monoisotopic (exact) mass is 269 g/mol. The molecule has 0 aromatic heterocycles. The summed E-state index contributed by atoms with van der Waals surface area (Å²) in [5.41, 5.74) is 0.387. The van der Waals surface area contributed by atoms with Crippen LogP contribution in [0.15, 0.2) is 18.2 Å². The van der Waals surface area contributed by atoms with E-state index in [2.05, 4.69) is 5.32 Å². The van der Waals surface area contributed by atoms with E-state index in [1.54, 1.807) is 6.92 Å². The van der Waals surface area contributed by atoms with Crippen LogP contribution in [0.5, 0.6) is 0 Å². The first-order valence-corrected chi connectivity index (χ1v) is 6.46. The van der Waals surface area contributed by atoms with Crippen LogP contribution < -0.4 is 5.32 Å². The Balaban J connectivity index is 2.13. The molecule has 19 heavy (non-hydrogen) atoms. The molecule has 0 heterocycles. The molecule has 1 aromatic carbocycles. The number of benzene rings is 1. The van der Waals surface area contributed by atoms with Crippen molar-refractivity contribution in [3.8, 4) is 0 Å². The Labute approximate surface area is 111 Å². The molecule has 3 nitrogen and oxygen atoms in total. The Morgan fingerprint density at radius 2 is 2.16 bits per heavy atom. The van der Waals surface area contributed by atoms with E-state index in [4.69, 9.17) is 4.74 Å². The van der Waals surface area contributed by atoms with E-state index in [0.717, 1.165) is 25.0 Å². The van der Waals surface area contributed by atoms with E-state index >= 15 is 0 Å². The van der Waals surface area contributed by atoms with Gasteiger partial charge in [0.05, 0.1) is 6.61 Å². The van der Waals surface area contributed by atoms with Crippen LogP contribution >= 0.6 is 0 Å². The molecule has 5 heteroatoms. The number of esters is 1. The van der Waals surface area contributed by atoms with Gasteiger partial charge in [0.1, 0.15) is 6.04 Å². The fourth-order valence-corrected chi connectivity index (χ4v) is 1.86. The molecule has 0 amide bonds. The highest BCUT2D eigenvalue weighted by atomic mass is 19.2. The molecular weight excluding hydrogens is 252 g/mol. The van der Waals surface area contributed by atoms with Crippen molar-refractivity contribution in [2.45, 2.75) is 25.8 Å². The number of hydrogen-bond donors (Lipinski definition) is 1. The first-order valence-electron chi connectivity index (χ1n) is 6.46. The molecule has 1 fully saturated rings. The van der Waals surface area contributed by atoms with E-state index in [1.165, 1.54) is 6.07 Å². The summed E-state index contributed by atoms with van der Waals surface area (Å²) >= 11 is 0. The molecule has 0 bridgehead atoms. The standard InChI is InChI=1S/C14H17F2NO2/c1-2-19-14(18)13(17-8-9-3-4-9)10-5-6-11(15)12(16)7-10/h5-7,9,13,17H,2-4,8H2,1H3. The lowest BCUT2D eigenvalue weighted by Crippen LogP contribution is -2.31. The fraction of sp³-hybridized carbons (Fsp3) is 0.500. The van der Waals surface area contributed by atoms with Crippen LogP contribution in [0.25, 0.3) is 0 Å². The van der Waals surface area contributed by atoms with Crippen molar-refractivity contribution in [1.82, 2.24) is 5.32 Å². The summed E-state index contributed by atoms with van der Waals surface area (Å²) in [7, 11) is 0. The molecule has 0 aliphatic heterocycles. The van der Waals surface area contributed by atoms with Gasteiger partial charge in [-0.15, -0.1) is 0 Å². The van der Waals surface area contributed by atoms with Crippen molar-refractivity contribution in [3.05, 3.63) is 35.4 Å². The molecule has 1 aliphatic rings. The summed E-state index contributed by atoms with van der Waals surface area (Å²) in [6.45, 7) is 2.65. The van der Waals surface area contributed by atoms with Gasteiger partial charge < -0.3 is 10.1 Å². The third-order valence-corrected chi connectivity index (χ3v) is 3.11. The van der Waals surface area contributed by atoms with Gasteiger partial charge in [0.2, 0.25) is 0 Å². The van der Waals surface area contributed by atoms with Crippen molar-refractivity contribution in [1.29, 1.82) is 0 Å². The zero-order valence-electron chi connectivity index (χ0n) is 10.8. The Hall–Kier alpha value is -1.49. The van der Waals surface area contributed by atoms with E-state index in [1.807, 2.05) is 0 Å². The maximum Gasteiger partial charge on any atom is 0.327 e. The lowest BCUT2D eigenvalue weighted by molar-refractivity contribution is -0.145. The van der Waals surface area contributed by atoms with Gasteiger partial charge in [-0.05, 0) is 49.9 Å². The Bertz CT molecular complexity index is 461. The lowest BCUT2D eigenvalue weighted by atomic mass is 10.1. The molecule has 1 N–H and O–H groups in total. The van der Waals surface area contributed by atoms with Crippen LogP contribution in [-0.4, -0.2) is 19.1 Å². The average Bonchev–Trinajstić information content (AvgIpc) is 3.18. The summed E-state index contributed by atoms with van der Waals surface area (Å²) < 4.78 is 31.1. The van der Waals surface area contributed by atoms with Gasteiger partial charge >= 0.3 is 5.97 Å². The number of nitrogens with one attached hydrogen (secondary N) is 1. The number of rotatable bonds is 6. The van der Waals surface area contributed by atoms with Crippen LogP contribution in [0.3, 0.4) is 0 Å². The number of carbonyl (C=O) groups excluding carboxylic acids is 1. The van der Waals surface area contributed by atoms with E-state index < -0.39 is 23.6 Å². The van der Waals surface area contributed by atoms with Gasteiger partial charge in [-0.25, -0.2) is 13.6 Å². The van der Waals surface area contributed by atoms with E-state index in [9.17, 15) is 13.6 Å². The van der Waals surface area contributed by atoms with Crippen LogP contribution in [0, 0.1) is 17.6 Å². The van der Waals surface area contributed by atoms with Gasteiger partial charge in [-0.3, -0.25) is 0 Å². The quantitative estimate of drug-likeness (QED) is 0.807. The summed E-state index contributed by atoms with van der Waals surface area (Å²) in [4.78, 5) is 11.9. The highest BCUT2D eigenvalue weighted by molar-refractivity contribution is 5.77. The van der Waals surface area contributed by atoms with Crippen LogP contribution in [0.2, 0.25) is 0 Å². The maximum absolute atomic E-state index is 13.2. The van der Waals surface area contributed by atoms with Crippen LogP contribution in [-0.2, 0) is 9.53 Å². The Kier molecular flexibility index (Phi) is 4.47. The molecular formula is C14H17F2NO2. The minimum absolute atomic E-state index is 0.254. The van der Waals surface area contributed by atoms with Crippen molar-refractivity contribution < 1.29 is 18.3 Å². The third-order valence-electron chi connectivity index (χ3n) is 3.11. The van der Waals surface area contributed by atoms with Crippen molar-refractivity contribution in [2.75, 3.05) is 13.2 Å². The van der Waals surface area contributed by atoms with Crippen molar-refractivity contribution in [2.24, 2.45) is 5.92 Å². The molecule has 1 aliphatic carbocycles. The molecule has 104 valence electrons. The molecule has 1 saturated carbocycles. The van der Waals surface area contributed by atoms with Crippen LogP contribution in [0.4, 0.5) is 8.78 Å². The molecule has 0 radical (unpaired) electrons. The normalized spacial score (nSPS) is 16.2. The van der Waals surface area contributed by atoms with E-state index in [0.29, 0.717) is 18.0 Å². The molecule has 1 unspecified atom stereocenters. The third kappa shape index (κ3) is 3.73. The smallest absolute Gasteiger partial charge is 0.327 e. The highest BCUT2D eigenvalue weighted by Crippen LogP contribution is 2.29. The Morgan fingerprint density at radius 1 is 1.42 bits per heavy atom. The predicted octanol–water partition coefficient (Wildman–Crippen LogP) is 2.57. The minimum Gasteiger partial charge on any atom is -0.465 e. The van der Waals surface area contributed by atoms with Gasteiger partial charge in [0.25, 0.3) is 0 Å². The lowest BCUT2D eigenvalue weighted by Gasteiger charge is -2.17. The fourth-order valence-electron chi connectivity index (χ4n) is 1.86. The summed E-state index contributed by atoms with van der Waals surface area (Å²) in [5, 5.41) is 3.07. The molecule has 2 rings (SSSR count). The second-order valence-corrected chi connectivity index (χ2v) is 4.71. The molecule has 1 atom stereocenters. The SMILES string of the molecule is CCOC(=O)C(NCC1CC1)c1ccc(F)c(F)c1. The van der Waals surface area contributed by atoms with Crippen LogP contribution in [0.1, 0.15) is 31.4 Å². The van der Waals surface area contributed by atoms with E-state index in [-0.39, 0.29) is 6.61 Å². The van der Waals surface area contributed by atoms with Gasteiger partial charge in [0, 0.05) is 0 Å². The number of halogens is 2. The largest absolute Gasteiger partial charge is 0.465 e.